The summed E-state index contributed by atoms with van der Waals surface area (Å²) in [5, 5.41) is 4.21. The van der Waals surface area contributed by atoms with Crippen LogP contribution in [0, 0.1) is 5.82 Å². The fraction of sp³-hybridized carbons (Fsp3) is 0.240. The highest BCUT2D eigenvalue weighted by atomic mass is 19.1. The van der Waals surface area contributed by atoms with Gasteiger partial charge in [0.05, 0.1) is 11.9 Å². The predicted molar refractivity (Wildman–Crippen MR) is 117 cm³/mol. The molecule has 1 saturated heterocycles. The summed E-state index contributed by atoms with van der Waals surface area (Å²) in [5.74, 6) is 0.568. The van der Waals surface area contributed by atoms with E-state index in [1.54, 1.807) is 12.5 Å². The summed E-state index contributed by atoms with van der Waals surface area (Å²) in [6.45, 7) is 1.07. The number of ether oxygens (including phenoxy) is 1. The first kappa shape index (κ1) is 19.7. The van der Waals surface area contributed by atoms with Crippen molar-refractivity contribution in [1.82, 2.24) is 14.6 Å². The number of imidazole rings is 1. The Balaban J connectivity index is 1.36. The number of likely N-dealkylation sites (N-methyl/N-ethyl adjacent to an activating group) is 1. The number of aromatic nitrogens is 2. The zero-order valence-electron chi connectivity index (χ0n) is 17.3. The summed E-state index contributed by atoms with van der Waals surface area (Å²) in [7, 11) is 1.93. The molecule has 158 valence electrons. The number of hydrogen-bond donors (Lipinski definition) is 0. The van der Waals surface area contributed by atoms with E-state index in [4.69, 9.17) is 9.57 Å². The van der Waals surface area contributed by atoms with Gasteiger partial charge in [-0.05, 0) is 40.6 Å². The zero-order valence-corrected chi connectivity index (χ0v) is 17.3. The Morgan fingerprint density at radius 2 is 1.90 bits per heavy atom. The van der Waals surface area contributed by atoms with E-state index in [1.165, 1.54) is 17.5 Å². The minimum absolute atomic E-state index is 0.134. The molecule has 0 amide bonds. The number of rotatable bonds is 6. The molecule has 4 aromatic rings. The van der Waals surface area contributed by atoms with Crippen molar-refractivity contribution in [3.05, 3.63) is 96.8 Å². The van der Waals surface area contributed by atoms with Crippen molar-refractivity contribution in [3.63, 3.8) is 0 Å². The van der Waals surface area contributed by atoms with Crippen LogP contribution >= 0.6 is 0 Å². The molecule has 0 spiro atoms. The third-order valence-corrected chi connectivity index (χ3v) is 6.02. The van der Waals surface area contributed by atoms with Gasteiger partial charge >= 0.3 is 0 Å². The monoisotopic (exact) mass is 417 g/mol. The second kappa shape index (κ2) is 8.13. The van der Waals surface area contributed by atoms with Crippen molar-refractivity contribution >= 4 is 10.8 Å². The van der Waals surface area contributed by atoms with Gasteiger partial charge in [0, 0.05) is 32.4 Å². The number of fused-ring (bicyclic) bond motifs is 1. The first-order chi connectivity index (χ1) is 15.1. The lowest BCUT2D eigenvalue weighted by Crippen LogP contribution is -2.41. The van der Waals surface area contributed by atoms with Crippen LogP contribution in [0.4, 0.5) is 4.39 Å². The standard InChI is InChI=1S/C25H24FN3O2/c1-28-25(17-29-13-12-27-18-29,21-7-9-22(26)10-8-21)15-24(31-28)16-30-23-11-6-19-4-2-3-5-20(19)14-23/h2-14,18,24H,15-17H2,1H3. The molecule has 2 heterocycles. The van der Waals surface area contributed by atoms with Crippen molar-refractivity contribution in [2.24, 2.45) is 0 Å². The molecule has 2 unspecified atom stereocenters. The molecule has 5 rings (SSSR count). The second-order valence-electron chi connectivity index (χ2n) is 8.02. The summed E-state index contributed by atoms with van der Waals surface area (Å²) in [5.41, 5.74) is 0.546. The fourth-order valence-electron chi connectivity index (χ4n) is 4.40. The smallest absolute Gasteiger partial charge is 0.123 e. The predicted octanol–water partition coefficient (Wildman–Crippen LogP) is 4.79. The molecule has 3 aromatic carbocycles. The van der Waals surface area contributed by atoms with E-state index >= 15 is 0 Å². The lowest BCUT2D eigenvalue weighted by molar-refractivity contribution is -0.179. The molecule has 6 heteroatoms. The Hall–Kier alpha value is -3.22. The van der Waals surface area contributed by atoms with Gasteiger partial charge in [0.15, 0.2) is 0 Å². The van der Waals surface area contributed by atoms with Crippen LogP contribution in [0.1, 0.15) is 12.0 Å². The topological polar surface area (TPSA) is 39.5 Å². The number of nitrogens with zero attached hydrogens (tertiary/aromatic N) is 3. The molecule has 31 heavy (non-hydrogen) atoms. The van der Waals surface area contributed by atoms with Gasteiger partial charge in [-0.1, -0.05) is 42.5 Å². The molecule has 5 nitrogen and oxygen atoms in total. The molecule has 0 saturated carbocycles. The SMILES string of the molecule is CN1OC(COc2ccc3ccccc3c2)CC1(Cn1ccnc1)c1ccc(F)cc1. The highest BCUT2D eigenvalue weighted by Crippen LogP contribution is 2.41. The first-order valence-electron chi connectivity index (χ1n) is 10.4. The third-order valence-electron chi connectivity index (χ3n) is 6.02. The van der Waals surface area contributed by atoms with Crippen molar-refractivity contribution in [3.8, 4) is 5.75 Å². The lowest BCUT2D eigenvalue weighted by atomic mass is 9.85. The Morgan fingerprint density at radius 1 is 1.10 bits per heavy atom. The summed E-state index contributed by atoms with van der Waals surface area (Å²) in [6.07, 6.45) is 6.05. The largest absolute Gasteiger partial charge is 0.491 e. The highest BCUT2D eigenvalue weighted by molar-refractivity contribution is 5.83. The molecule has 1 aliphatic heterocycles. The normalized spacial score (nSPS) is 21.5. The van der Waals surface area contributed by atoms with Crippen LogP contribution in [0.5, 0.6) is 5.75 Å². The second-order valence-corrected chi connectivity index (χ2v) is 8.02. The van der Waals surface area contributed by atoms with E-state index in [0.29, 0.717) is 19.6 Å². The Bertz CT molecular complexity index is 1160. The molecule has 1 fully saturated rings. The van der Waals surface area contributed by atoms with E-state index in [-0.39, 0.29) is 11.9 Å². The van der Waals surface area contributed by atoms with Gasteiger partial charge in [0.1, 0.15) is 24.3 Å². The highest BCUT2D eigenvalue weighted by Gasteiger charge is 2.47. The van der Waals surface area contributed by atoms with Gasteiger partial charge in [-0.25, -0.2) is 9.37 Å². The van der Waals surface area contributed by atoms with Crippen LogP contribution in [0.3, 0.4) is 0 Å². The number of hydroxylamine groups is 2. The summed E-state index contributed by atoms with van der Waals surface area (Å²) in [4.78, 5) is 10.4. The summed E-state index contributed by atoms with van der Waals surface area (Å²) >= 11 is 0. The Kier molecular flexibility index (Phi) is 5.18. The van der Waals surface area contributed by atoms with E-state index in [2.05, 4.69) is 23.2 Å². The van der Waals surface area contributed by atoms with Gasteiger partial charge in [0.25, 0.3) is 0 Å². The molecule has 0 bridgehead atoms. The number of halogens is 1. The zero-order chi connectivity index (χ0) is 21.3. The molecular formula is C25H24FN3O2. The molecule has 0 aliphatic carbocycles. The number of benzene rings is 3. The van der Waals surface area contributed by atoms with E-state index < -0.39 is 5.54 Å². The van der Waals surface area contributed by atoms with Crippen LogP contribution < -0.4 is 4.74 Å². The maximum atomic E-state index is 13.6. The minimum atomic E-state index is -0.453. The van der Waals surface area contributed by atoms with Gasteiger partial charge in [0.2, 0.25) is 0 Å². The van der Waals surface area contributed by atoms with Crippen molar-refractivity contribution < 1.29 is 14.0 Å². The third kappa shape index (κ3) is 3.92. The maximum absolute atomic E-state index is 13.6. The van der Waals surface area contributed by atoms with Crippen LogP contribution in [-0.4, -0.2) is 34.4 Å². The van der Waals surface area contributed by atoms with Crippen molar-refractivity contribution in [1.29, 1.82) is 0 Å². The summed E-state index contributed by atoms with van der Waals surface area (Å²) < 4.78 is 21.7. The average Bonchev–Trinajstić information content (AvgIpc) is 3.41. The van der Waals surface area contributed by atoms with Crippen LogP contribution in [0.25, 0.3) is 10.8 Å². The van der Waals surface area contributed by atoms with E-state index in [1.807, 2.05) is 59.3 Å². The lowest BCUT2D eigenvalue weighted by Gasteiger charge is -2.34. The fourth-order valence-corrected chi connectivity index (χ4v) is 4.40. The van der Waals surface area contributed by atoms with Crippen molar-refractivity contribution in [2.45, 2.75) is 24.6 Å². The first-order valence-corrected chi connectivity index (χ1v) is 10.4. The maximum Gasteiger partial charge on any atom is 0.123 e. The Labute approximate surface area is 180 Å². The van der Waals surface area contributed by atoms with Gasteiger partial charge in [-0.2, -0.15) is 5.06 Å². The summed E-state index contributed by atoms with van der Waals surface area (Å²) in [6, 6.07) is 21.0. The Morgan fingerprint density at radius 3 is 2.68 bits per heavy atom. The van der Waals surface area contributed by atoms with Crippen LogP contribution in [0.15, 0.2) is 85.5 Å². The average molecular weight is 417 g/mol. The van der Waals surface area contributed by atoms with E-state index in [9.17, 15) is 4.39 Å². The molecule has 1 aromatic heterocycles. The molecule has 0 radical (unpaired) electrons. The van der Waals surface area contributed by atoms with Gasteiger partial charge in [-0.15, -0.1) is 0 Å². The van der Waals surface area contributed by atoms with Crippen molar-refractivity contribution in [2.75, 3.05) is 13.7 Å². The van der Waals surface area contributed by atoms with E-state index in [0.717, 1.165) is 16.7 Å². The van der Waals surface area contributed by atoms with Gasteiger partial charge < -0.3 is 9.30 Å². The molecule has 0 N–H and O–H groups in total. The minimum Gasteiger partial charge on any atom is -0.491 e. The molecule has 1 aliphatic rings. The number of hydrogen-bond acceptors (Lipinski definition) is 4. The molecular weight excluding hydrogens is 393 g/mol. The van der Waals surface area contributed by atoms with Gasteiger partial charge in [-0.3, -0.25) is 4.84 Å². The van der Waals surface area contributed by atoms with Crippen LogP contribution in [-0.2, 0) is 16.9 Å². The molecule has 2 atom stereocenters. The quantitative estimate of drug-likeness (QED) is 0.452. The van der Waals surface area contributed by atoms with Crippen LogP contribution in [0.2, 0.25) is 0 Å².